The molecule has 0 spiro atoms. The minimum atomic E-state index is 0.585. The zero-order valence-corrected chi connectivity index (χ0v) is 5.78. The Labute approximate surface area is 63.4 Å². The molecule has 0 saturated heterocycles. The van der Waals surface area contributed by atoms with Crippen molar-refractivity contribution >= 4 is 5.71 Å². The van der Waals surface area contributed by atoms with Crippen molar-refractivity contribution in [3.05, 3.63) is 23.9 Å². The second-order valence-electron chi connectivity index (χ2n) is 2.67. The first-order valence-electron chi connectivity index (χ1n) is 3.47. The van der Waals surface area contributed by atoms with Crippen LogP contribution in [0.4, 0.5) is 0 Å². The van der Waals surface area contributed by atoms with Crippen LogP contribution in [0.15, 0.2) is 29.1 Å². The highest BCUT2D eigenvalue weighted by Gasteiger charge is 2.31. The molecule has 0 saturated carbocycles. The maximum Gasteiger partial charge on any atom is 0.164 e. The molecule has 0 aromatic carbocycles. The molecule has 0 aromatic rings. The van der Waals surface area contributed by atoms with E-state index in [1.165, 1.54) is 0 Å². The largest absolute Gasteiger partial charge is 0.478 e. The second kappa shape index (κ2) is 1.58. The molecule has 4 nitrogen and oxygen atoms in total. The van der Waals surface area contributed by atoms with Crippen molar-refractivity contribution < 1.29 is 9.57 Å². The molecule has 2 bridgehead atoms. The first kappa shape index (κ1) is 5.23. The first-order valence-corrected chi connectivity index (χ1v) is 3.47. The molecule has 3 aliphatic rings. The minimum absolute atomic E-state index is 0.585. The molecule has 0 aromatic heterocycles. The summed E-state index contributed by atoms with van der Waals surface area (Å²) in [4.78, 5) is 7.02. The molecule has 11 heavy (non-hydrogen) atoms. The van der Waals surface area contributed by atoms with Gasteiger partial charge in [-0.1, -0.05) is 5.16 Å². The van der Waals surface area contributed by atoms with Gasteiger partial charge in [-0.2, -0.15) is 0 Å². The Morgan fingerprint density at radius 1 is 1.55 bits per heavy atom. The van der Waals surface area contributed by atoms with Crippen molar-refractivity contribution in [1.82, 2.24) is 4.90 Å². The van der Waals surface area contributed by atoms with E-state index in [9.17, 15) is 0 Å². The summed E-state index contributed by atoms with van der Waals surface area (Å²) in [7, 11) is 0. The van der Waals surface area contributed by atoms with Gasteiger partial charge in [0.1, 0.15) is 17.7 Å². The normalized spacial score (nSPS) is 24.7. The first-order chi connectivity index (χ1) is 5.43. The summed E-state index contributed by atoms with van der Waals surface area (Å²) in [6.07, 6.45) is 4.46. The Morgan fingerprint density at radius 3 is 3.55 bits per heavy atom. The van der Waals surface area contributed by atoms with Crippen LogP contribution in [0.3, 0.4) is 0 Å². The molecule has 0 amide bonds. The third-order valence-electron chi connectivity index (χ3n) is 1.93. The van der Waals surface area contributed by atoms with Gasteiger partial charge in [-0.25, -0.2) is 0 Å². The molecule has 3 rings (SSSR count). The molecule has 0 unspecified atom stereocenters. The fourth-order valence-corrected chi connectivity index (χ4v) is 1.40. The van der Waals surface area contributed by atoms with Crippen LogP contribution in [-0.4, -0.2) is 17.3 Å². The maximum absolute atomic E-state index is 5.13. The van der Waals surface area contributed by atoms with Gasteiger partial charge in [0.05, 0.1) is 6.42 Å². The Bertz CT molecular complexity index is 304. The van der Waals surface area contributed by atoms with Crippen LogP contribution in [0.1, 0.15) is 6.42 Å². The standard InChI is InChI=1S/C7H6N2O2/c1-5-2-9-4-10-3-7(9)6(1)8-11-5/h2-3H,1,4H2. The monoisotopic (exact) mass is 150 g/mol. The minimum Gasteiger partial charge on any atom is -0.478 e. The van der Waals surface area contributed by atoms with Crippen LogP contribution in [0.5, 0.6) is 0 Å². The zero-order valence-electron chi connectivity index (χ0n) is 5.78. The third kappa shape index (κ3) is 0.562. The lowest BCUT2D eigenvalue weighted by molar-refractivity contribution is 0.191. The van der Waals surface area contributed by atoms with E-state index < -0.39 is 0 Å². The number of allylic oxidation sites excluding steroid dienone is 2. The van der Waals surface area contributed by atoms with Crippen LogP contribution in [0, 0.1) is 0 Å². The highest BCUT2D eigenvalue weighted by Crippen LogP contribution is 2.30. The summed E-state index contributed by atoms with van der Waals surface area (Å²) in [5.74, 6) is 0.905. The summed E-state index contributed by atoms with van der Waals surface area (Å²) in [5.41, 5.74) is 2.01. The number of rotatable bonds is 0. The van der Waals surface area contributed by atoms with E-state index in [4.69, 9.17) is 9.57 Å². The van der Waals surface area contributed by atoms with Gasteiger partial charge in [-0.15, -0.1) is 0 Å². The predicted molar refractivity (Wildman–Crippen MR) is 37.1 cm³/mol. The van der Waals surface area contributed by atoms with Crippen molar-refractivity contribution in [2.24, 2.45) is 5.16 Å². The van der Waals surface area contributed by atoms with Crippen LogP contribution < -0.4 is 0 Å². The molecule has 0 N–H and O–H groups in total. The molecule has 4 heteroatoms. The summed E-state index contributed by atoms with van der Waals surface area (Å²) >= 11 is 0. The second-order valence-corrected chi connectivity index (χ2v) is 2.67. The van der Waals surface area contributed by atoms with E-state index in [2.05, 4.69) is 5.16 Å². The van der Waals surface area contributed by atoms with Crippen LogP contribution >= 0.6 is 0 Å². The lowest BCUT2D eigenvalue weighted by Gasteiger charge is -2.16. The van der Waals surface area contributed by atoms with Crippen molar-refractivity contribution in [3.8, 4) is 0 Å². The summed E-state index contributed by atoms with van der Waals surface area (Å²) in [5, 5.41) is 3.90. The Hall–Kier alpha value is -1.45. The van der Waals surface area contributed by atoms with Gasteiger partial charge >= 0.3 is 0 Å². The van der Waals surface area contributed by atoms with Crippen LogP contribution in [-0.2, 0) is 9.57 Å². The van der Waals surface area contributed by atoms with Crippen LogP contribution in [0.2, 0.25) is 0 Å². The Kier molecular flexibility index (Phi) is 0.753. The summed E-state index contributed by atoms with van der Waals surface area (Å²) in [6.45, 7) is 0.585. The number of nitrogens with zero attached hydrogens (tertiary/aromatic N) is 2. The average molecular weight is 150 g/mol. The summed E-state index contributed by atoms with van der Waals surface area (Å²) in [6, 6.07) is 0. The zero-order chi connectivity index (χ0) is 7.26. The van der Waals surface area contributed by atoms with E-state index in [1.54, 1.807) is 6.26 Å². The molecule has 0 radical (unpaired) electrons. The number of ether oxygens (including phenoxy) is 1. The molecule has 0 aliphatic carbocycles. The van der Waals surface area contributed by atoms with Gasteiger partial charge in [0.15, 0.2) is 12.5 Å². The van der Waals surface area contributed by atoms with Crippen molar-refractivity contribution in [2.75, 3.05) is 6.73 Å². The lowest BCUT2D eigenvalue weighted by Crippen LogP contribution is -2.21. The van der Waals surface area contributed by atoms with E-state index in [0.717, 1.165) is 23.6 Å². The van der Waals surface area contributed by atoms with Crippen LogP contribution in [0.25, 0.3) is 0 Å². The maximum atomic E-state index is 5.13. The summed E-state index contributed by atoms with van der Waals surface area (Å²) < 4.78 is 5.13. The molecule has 3 aliphatic heterocycles. The smallest absolute Gasteiger partial charge is 0.164 e. The van der Waals surface area contributed by atoms with Crippen molar-refractivity contribution in [3.63, 3.8) is 0 Å². The molecule has 0 fully saturated rings. The highest BCUT2D eigenvalue weighted by molar-refractivity contribution is 6.02. The van der Waals surface area contributed by atoms with E-state index in [0.29, 0.717) is 6.73 Å². The van der Waals surface area contributed by atoms with Gasteiger partial charge in [0.25, 0.3) is 0 Å². The number of oxime groups is 1. The molecular weight excluding hydrogens is 144 g/mol. The SMILES string of the molecule is C1=C2CC(=NO2)C2=COCN12. The van der Waals surface area contributed by atoms with Crippen molar-refractivity contribution in [2.45, 2.75) is 6.42 Å². The Balaban J connectivity index is 2.16. The van der Waals surface area contributed by atoms with E-state index in [1.807, 2.05) is 11.1 Å². The number of fused-ring (bicyclic) bond motifs is 4. The van der Waals surface area contributed by atoms with Gasteiger partial charge < -0.3 is 14.5 Å². The van der Waals surface area contributed by atoms with E-state index in [-0.39, 0.29) is 0 Å². The van der Waals surface area contributed by atoms with Crippen molar-refractivity contribution in [1.29, 1.82) is 0 Å². The number of hydrogen-bond acceptors (Lipinski definition) is 4. The van der Waals surface area contributed by atoms with Gasteiger partial charge in [0, 0.05) is 6.20 Å². The third-order valence-corrected chi connectivity index (χ3v) is 1.93. The predicted octanol–water partition coefficient (Wildman–Crippen LogP) is 0.749. The van der Waals surface area contributed by atoms with Gasteiger partial charge in [0.2, 0.25) is 0 Å². The molecule has 0 atom stereocenters. The molecule has 3 heterocycles. The quantitative estimate of drug-likeness (QED) is 0.511. The molecular formula is C7H6N2O2. The average Bonchev–Trinajstić information content (AvgIpc) is 2.58. The molecule has 56 valence electrons. The van der Waals surface area contributed by atoms with Gasteiger partial charge in [-0.05, 0) is 0 Å². The lowest BCUT2D eigenvalue weighted by atomic mass is 10.1. The van der Waals surface area contributed by atoms with E-state index >= 15 is 0 Å². The highest BCUT2D eigenvalue weighted by atomic mass is 16.6. The number of hydrogen-bond donors (Lipinski definition) is 0. The Morgan fingerprint density at radius 2 is 2.55 bits per heavy atom. The topological polar surface area (TPSA) is 34.1 Å². The fraction of sp³-hybridized carbons (Fsp3) is 0.286. The van der Waals surface area contributed by atoms with Gasteiger partial charge in [-0.3, -0.25) is 0 Å². The fourth-order valence-electron chi connectivity index (χ4n) is 1.40.